The van der Waals surface area contributed by atoms with E-state index in [2.05, 4.69) is 18.8 Å². The fraction of sp³-hybridized carbons (Fsp3) is 0.500. The van der Waals surface area contributed by atoms with E-state index in [1.54, 1.807) is 18.2 Å². The highest BCUT2D eigenvalue weighted by atomic mass is 32.2. The second-order valence-corrected chi connectivity index (χ2v) is 7.30. The van der Waals surface area contributed by atoms with Crippen molar-refractivity contribution in [2.24, 2.45) is 5.92 Å². The normalized spacial score (nSPS) is 24.1. The SMILES string of the molecule is CC1CNCCC1NS(=O)(=O)c1cccc2nsnc12. The van der Waals surface area contributed by atoms with Crippen molar-refractivity contribution in [3.8, 4) is 0 Å². The van der Waals surface area contributed by atoms with Crippen LogP contribution in [0.2, 0.25) is 0 Å². The number of rotatable bonds is 3. The number of nitrogens with zero attached hydrogens (tertiary/aromatic N) is 2. The van der Waals surface area contributed by atoms with Gasteiger partial charge < -0.3 is 5.32 Å². The van der Waals surface area contributed by atoms with Gasteiger partial charge in [0.1, 0.15) is 15.9 Å². The van der Waals surface area contributed by atoms with Crippen LogP contribution in [0.15, 0.2) is 23.1 Å². The molecule has 0 radical (unpaired) electrons. The molecule has 1 aromatic carbocycles. The van der Waals surface area contributed by atoms with Crippen LogP contribution in [0.25, 0.3) is 11.0 Å². The van der Waals surface area contributed by atoms with E-state index in [1.165, 1.54) is 0 Å². The van der Waals surface area contributed by atoms with E-state index >= 15 is 0 Å². The molecule has 2 atom stereocenters. The van der Waals surface area contributed by atoms with Crippen molar-refractivity contribution >= 4 is 32.8 Å². The Morgan fingerprint density at radius 1 is 1.40 bits per heavy atom. The van der Waals surface area contributed by atoms with Crippen molar-refractivity contribution in [2.75, 3.05) is 13.1 Å². The molecule has 1 fully saturated rings. The van der Waals surface area contributed by atoms with E-state index in [0.29, 0.717) is 11.0 Å². The van der Waals surface area contributed by atoms with Crippen LogP contribution >= 0.6 is 11.7 Å². The van der Waals surface area contributed by atoms with Gasteiger partial charge in [-0.05, 0) is 37.6 Å². The first-order valence-corrected chi connectivity index (χ1v) is 8.73. The second kappa shape index (κ2) is 5.36. The molecule has 0 amide bonds. The third kappa shape index (κ3) is 2.56. The standard InChI is InChI=1S/C12H16N4O2S2/c1-8-7-13-6-5-9(8)16-20(17,18)11-4-2-3-10-12(11)15-19-14-10/h2-4,8-9,13,16H,5-7H2,1H3. The van der Waals surface area contributed by atoms with Crippen LogP contribution in [0.4, 0.5) is 0 Å². The fourth-order valence-corrected chi connectivity index (χ4v) is 4.60. The number of sulfonamides is 1. The number of hydrogen-bond acceptors (Lipinski definition) is 6. The van der Waals surface area contributed by atoms with Gasteiger partial charge in [0.25, 0.3) is 0 Å². The molecule has 2 N–H and O–H groups in total. The Morgan fingerprint density at radius 2 is 2.25 bits per heavy atom. The lowest BCUT2D eigenvalue weighted by atomic mass is 9.97. The third-order valence-electron chi connectivity index (χ3n) is 3.63. The van der Waals surface area contributed by atoms with Gasteiger partial charge in [0.05, 0.1) is 11.7 Å². The largest absolute Gasteiger partial charge is 0.316 e. The van der Waals surface area contributed by atoms with Crippen LogP contribution in [0, 0.1) is 5.92 Å². The minimum atomic E-state index is -3.56. The number of hydrogen-bond donors (Lipinski definition) is 2. The summed E-state index contributed by atoms with van der Waals surface area (Å²) >= 11 is 1.03. The molecule has 20 heavy (non-hydrogen) atoms. The Morgan fingerprint density at radius 3 is 3.05 bits per heavy atom. The molecule has 2 heterocycles. The van der Waals surface area contributed by atoms with Gasteiger partial charge in [0, 0.05) is 6.04 Å². The molecule has 6 nitrogen and oxygen atoms in total. The predicted octanol–water partition coefficient (Wildman–Crippen LogP) is 0.968. The molecule has 2 unspecified atom stereocenters. The van der Waals surface area contributed by atoms with Crippen molar-refractivity contribution in [2.45, 2.75) is 24.3 Å². The summed E-state index contributed by atoms with van der Waals surface area (Å²) in [5.41, 5.74) is 1.07. The van der Waals surface area contributed by atoms with Crippen molar-refractivity contribution in [1.82, 2.24) is 18.8 Å². The lowest BCUT2D eigenvalue weighted by molar-refractivity contribution is 0.328. The Bertz CT molecular complexity index is 713. The van der Waals surface area contributed by atoms with Gasteiger partial charge in [-0.1, -0.05) is 13.0 Å². The topological polar surface area (TPSA) is 84.0 Å². The lowest BCUT2D eigenvalue weighted by Gasteiger charge is -2.29. The zero-order valence-corrected chi connectivity index (χ0v) is 12.7. The van der Waals surface area contributed by atoms with Crippen LogP contribution in [-0.2, 0) is 10.0 Å². The quantitative estimate of drug-likeness (QED) is 0.882. The Kier molecular flexibility index (Phi) is 3.72. The molecule has 1 aromatic heterocycles. The van der Waals surface area contributed by atoms with Gasteiger partial charge >= 0.3 is 0 Å². The zero-order valence-electron chi connectivity index (χ0n) is 11.0. The fourth-order valence-electron chi connectivity index (χ4n) is 2.45. The Balaban J connectivity index is 1.93. The lowest BCUT2D eigenvalue weighted by Crippen LogP contribution is -2.48. The summed E-state index contributed by atoms with van der Waals surface area (Å²) in [7, 11) is -3.56. The van der Waals surface area contributed by atoms with Gasteiger partial charge in [-0.25, -0.2) is 13.1 Å². The molecular formula is C12H16N4O2S2. The van der Waals surface area contributed by atoms with Crippen LogP contribution in [-0.4, -0.2) is 36.3 Å². The predicted molar refractivity (Wildman–Crippen MR) is 78.2 cm³/mol. The van der Waals surface area contributed by atoms with E-state index in [-0.39, 0.29) is 16.9 Å². The van der Waals surface area contributed by atoms with Crippen molar-refractivity contribution < 1.29 is 8.42 Å². The summed E-state index contributed by atoms with van der Waals surface area (Å²) in [4.78, 5) is 0.217. The average molecular weight is 312 g/mol. The Hall–Kier alpha value is -1.09. The van der Waals surface area contributed by atoms with Gasteiger partial charge in [0.2, 0.25) is 10.0 Å². The maximum Gasteiger partial charge on any atom is 0.243 e. The van der Waals surface area contributed by atoms with Crippen molar-refractivity contribution in [3.05, 3.63) is 18.2 Å². The van der Waals surface area contributed by atoms with E-state index in [1.807, 2.05) is 6.92 Å². The van der Waals surface area contributed by atoms with Crippen LogP contribution < -0.4 is 10.0 Å². The molecule has 2 aromatic rings. The Labute approximate surface area is 122 Å². The van der Waals surface area contributed by atoms with E-state index in [4.69, 9.17) is 0 Å². The van der Waals surface area contributed by atoms with Gasteiger partial charge in [0.15, 0.2) is 0 Å². The summed E-state index contributed by atoms with van der Waals surface area (Å²) in [5.74, 6) is 0.270. The molecule has 108 valence electrons. The monoisotopic (exact) mass is 312 g/mol. The number of aromatic nitrogens is 2. The number of benzene rings is 1. The molecule has 8 heteroatoms. The summed E-state index contributed by atoms with van der Waals surface area (Å²) < 4.78 is 36.1. The van der Waals surface area contributed by atoms with Gasteiger partial charge in [-0.2, -0.15) is 8.75 Å². The smallest absolute Gasteiger partial charge is 0.243 e. The van der Waals surface area contributed by atoms with E-state index in [9.17, 15) is 8.42 Å². The van der Waals surface area contributed by atoms with Crippen LogP contribution in [0.1, 0.15) is 13.3 Å². The molecular weight excluding hydrogens is 296 g/mol. The number of nitrogens with one attached hydrogen (secondary N) is 2. The molecule has 1 saturated heterocycles. The molecule has 1 aliphatic rings. The first-order chi connectivity index (χ1) is 9.58. The van der Waals surface area contributed by atoms with E-state index in [0.717, 1.165) is 31.2 Å². The first kappa shape index (κ1) is 13.9. The maximum atomic E-state index is 12.6. The van der Waals surface area contributed by atoms with Gasteiger partial charge in [-0.15, -0.1) is 0 Å². The second-order valence-electron chi connectivity index (χ2n) is 5.09. The highest BCUT2D eigenvalue weighted by Crippen LogP contribution is 2.22. The molecule has 3 rings (SSSR count). The third-order valence-corrected chi connectivity index (χ3v) is 5.69. The van der Waals surface area contributed by atoms with Crippen molar-refractivity contribution in [3.63, 3.8) is 0 Å². The molecule has 0 saturated carbocycles. The zero-order chi connectivity index (χ0) is 14.2. The minimum absolute atomic E-state index is 0.0388. The maximum absolute atomic E-state index is 12.6. The average Bonchev–Trinajstić information content (AvgIpc) is 2.89. The first-order valence-electron chi connectivity index (χ1n) is 6.52. The van der Waals surface area contributed by atoms with Gasteiger partial charge in [-0.3, -0.25) is 0 Å². The summed E-state index contributed by atoms with van der Waals surface area (Å²) in [6, 6.07) is 5.01. The number of fused-ring (bicyclic) bond motifs is 1. The molecule has 0 aliphatic carbocycles. The highest BCUT2D eigenvalue weighted by Gasteiger charge is 2.28. The number of piperidine rings is 1. The molecule has 1 aliphatic heterocycles. The summed E-state index contributed by atoms with van der Waals surface area (Å²) in [6.45, 7) is 3.71. The molecule has 0 bridgehead atoms. The minimum Gasteiger partial charge on any atom is -0.316 e. The molecule has 0 spiro atoms. The van der Waals surface area contributed by atoms with E-state index < -0.39 is 10.0 Å². The van der Waals surface area contributed by atoms with Crippen LogP contribution in [0.3, 0.4) is 0 Å². The van der Waals surface area contributed by atoms with Crippen molar-refractivity contribution in [1.29, 1.82) is 0 Å². The summed E-state index contributed by atoms with van der Waals surface area (Å²) in [6.07, 6.45) is 0.797. The summed E-state index contributed by atoms with van der Waals surface area (Å²) in [5, 5.41) is 3.26. The highest BCUT2D eigenvalue weighted by molar-refractivity contribution is 7.89. The van der Waals surface area contributed by atoms with Crippen LogP contribution in [0.5, 0.6) is 0 Å².